The number of aromatic carboxylic acids is 1. The fourth-order valence-electron chi connectivity index (χ4n) is 4.74. The van der Waals surface area contributed by atoms with Gasteiger partial charge in [-0.05, 0) is 72.0 Å². The Morgan fingerprint density at radius 2 is 1.59 bits per heavy atom. The Hall–Kier alpha value is -3.70. The van der Waals surface area contributed by atoms with Crippen molar-refractivity contribution >= 4 is 26.8 Å². The molecule has 0 aliphatic rings. The van der Waals surface area contributed by atoms with Crippen molar-refractivity contribution in [2.45, 2.75) is 36.8 Å². The van der Waals surface area contributed by atoms with Crippen molar-refractivity contribution in [3.8, 4) is 11.1 Å². The van der Waals surface area contributed by atoms with Gasteiger partial charge in [-0.3, -0.25) is 0 Å². The molecule has 4 aromatic carbocycles. The summed E-state index contributed by atoms with van der Waals surface area (Å²) >= 11 is 0. The molecule has 41 heavy (non-hydrogen) atoms. The van der Waals surface area contributed by atoms with Crippen molar-refractivity contribution in [2.24, 2.45) is 0 Å². The lowest BCUT2D eigenvalue weighted by molar-refractivity contribution is 0.0686. The van der Waals surface area contributed by atoms with Crippen LogP contribution in [0.15, 0.2) is 83.8 Å². The van der Waals surface area contributed by atoms with Gasteiger partial charge in [0, 0.05) is 25.7 Å². The molecule has 0 aliphatic heterocycles. The van der Waals surface area contributed by atoms with Gasteiger partial charge in [0.2, 0.25) is 10.0 Å². The first-order valence-corrected chi connectivity index (χ1v) is 14.4. The molecule has 0 unspecified atom stereocenters. The predicted molar refractivity (Wildman–Crippen MR) is 154 cm³/mol. The summed E-state index contributed by atoms with van der Waals surface area (Å²) in [5, 5.41) is 25.3. The normalized spacial score (nSPS) is 13.0. The van der Waals surface area contributed by atoms with E-state index in [0.717, 1.165) is 32.8 Å². The van der Waals surface area contributed by atoms with Gasteiger partial charge in [-0.25, -0.2) is 22.0 Å². The molecule has 0 saturated carbocycles. The van der Waals surface area contributed by atoms with Crippen molar-refractivity contribution < 1.29 is 32.2 Å². The first-order valence-electron chi connectivity index (χ1n) is 13.0. The molecule has 4 aromatic rings. The summed E-state index contributed by atoms with van der Waals surface area (Å²) in [6.07, 6.45) is -0.319. The van der Waals surface area contributed by atoms with Crippen molar-refractivity contribution in [3.05, 3.63) is 102 Å². The summed E-state index contributed by atoms with van der Waals surface area (Å²) in [5.41, 5.74) is -0.155. The highest BCUT2D eigenvalue weighted by atomic mass is 32.2. The van der Waals surface area contributed by atoms with Crippen LogP contribution in [0.5, 0.6) is 0 Å². The monoisotopic (exact) mass is 582 g/mol. The molecule has 7 nitrogen and oxygen atoms in total. The number of sulfonamides is 1. The summed E-state index contributed by atoms with van der Waals surface area (Å²) in [5.74, 6) is -4.27. The molecule has 10 heteroatoms. The number of carboxylic acids is 1. The Balaban J connectivity index is 1.41. The number of carbonyl (C=O) groups is 1. The van der Waals surface area contributed by atoms with Crippen LogP contribution in [-0.2, 0) is 16.4 Å². The molecule has 0 fully saturated rings. The Kier molecular flexibility index (Phi) is 8.89. The van der Waals surface area contributed by atoms with Gasteiger partial charge in [-0.1, -0.05) is 54.6 Å². The third-order valence-electron chi connectivity index (χ3n) is 6.88. The van der Waals surface area contributed by atoms with Crippen molar-refractivity contribution in [1.29, 1.82) is 0 Å². The van der Waals surface area contributed by atoms with E-state index in [9.17, 15) is 27.1 Å². The lowest BCUT2D eigenvalue weighted by Crippen LogP contribution is -2.47. The molecule has 0 spiro atoms. The first-order chi connectivity index (χ1) is 19.3. The number of fused-ring (bicyclic) bond motifs is 1. The van der Waals surface area contributed by atoms with Gasteiger partial charge >= 0.3 is 5.97 Å². The molecule has 0 heterocycles. The molecule has 0 radical (unpaired) electrons. The molecule has 3 N–H and O–H groups in total. The lowest BCUT2D eigenvalue weighted by Gasteiger charge is -2.29. The molecule has 0 saturated heterocycles. The number of halogens is 2. The highest BCUT2D eigenvalue weighted by Gasteiger charge is 2.26. The van der Waals surface area contributed by atoms with Crippen LogP contribution in [0.4, 0.5) is 8.78 Å². The highest BCUT2D eigenvalue weighted by Crippen LogP contribution is 2.27. The van der Waals surface area contributed by atoms with E-state index in [-0.39, 0.29) is 34.7 Å². The number of benzene rings is 4. The maximum absolute atomic E-state index is 14.2. The van der Waals surface area contributed by atoms with Gasteiger partial charge in [0.15, 0.2) is 0 Å². The smallest absolute Gasteiger partial charge is 0.341 e. The number of aliphatic hydroxyl groups excluding tert-OH is 1. The summed E-state index contributed by atoms with van der Waals surface area (Å²) < 4.78 is 55.9. The molecular weight excluding hydrogens is 550 g/mol. The van der Waals surface area contributed by atoms with Crippen molar-refractivity contribution in [1.82, 2.24) is 9.62 Å². The first kappa shape index (κ1) is 30.3. The molecule has 4 rings (SSSR count). The second kappa shape index (κ2) is 12.0. The average Bonchev–Trinajstić information content (AvgIpc) is 2.91. The van der Waals surface area contributed by atoms with Crippen LogP contribution in [0.1, 0.15) is 29.8 Å². The molecule has 1 atom stereocenters. The summed E-state index contributed by atoms with van der Waals surface area (Å²) in [6.45, 7) is 3.97. The number of rotatable bonds is 11. The zero-order chi connectivity index (χ0) is 29.9. The van der Waals surface area contributed by atoms with E-state index in [2.05, 4.69) is 35.6 Å². The summed E-state index contributed by atoms with van der Waals surface area (Å²) in [6, 6.07) is 21.5. The Bertz CT molecular complexity index is 1670. The van der Waals surface area contributed by atoms with Crippen molar-refractivity contribution in [3.63, 3.8) is 0 Å². The number of aliphatic hydroxyl groups is 1. The van der Waals surface area contributed by atoms with Gasteiger partial charge in [0.25, 0.3) is 0 Å². The minimum absolute atomic E-state index is 0.0115. The van der Waals surface area contributed by atoms with E-state index in [4.69, 9.17) is 5.11 Å². The van der Waals surface area contributed by atoms with Crippen LogP contribution in [0.2, 0.25) is 0 Å². The van der Waals surface area contributed by atoms with E-state index in [1.54, 1.807) is 0 Å². The van der Waals surface area contributed by atoms with E-state index >= 15 is 0 Å². The maximum Gasteiger partial charge on any atom is 0.341 e. The summed E-state index contributed by atoms with van der Waals surface area (Å²) in [7, 11) is -2.73. The third-order valence-corrected chi connectivity index (χ3v) is 8.69. The maximum atomic E-state index is 14.2. The number of nitrogens with zero attached hydrogens (tertiary/aromatic N) is 1. The van der Waals surface area contributed by atoms with E-state index in [0.29, 0.717) is 6.42 Å². The third kappa shape index (κ3) is 7.15. The lowest BCUT2D eigenvalue weighted by atomic mass is 9.93. The standard InChI is InChI=1S/C31H32F2N2O5S/c1-31(2,17-20-11-12-21-7-4-5-8-22(21)13-20)34-18-25(36)19-35(3)41(39,40)26-10-6-9-23(14-26)24-15-27(32)29(30(37)38)28(33)16-24/h4-16,25,34,36H,17-19H2,1-3H3,(H,37,38)/t25-/m1/s1. The molecule has 216 valence electrons. The zero-order valence-corrected chi connectivity index (χ0v) is 23.8. The van der Waals surface area contributed by atoms with Crippen LogP contribution in [0, 0.1) is 11.6 Å². The quantitative estimate of drug-likeness (QED) is 0.228. The topological polar surface area (TPSA) is 107 Å². The second-order valence-corrected chi connectivity index (χ2v) is 12.8. The van der Waals surface area contributed by atoms with Crippen LogP contribution < -0.4 is 5.32 Å². The fourth-order valence-corrected chi connectivity index (χ4v) is 5.99. The van der Waals surface area contributed by atoms with E-state index < -0.39 is 39.3 Å². The minimum Gasteiger partial charge on any atom is -0.477 e. The Labute approximate surface area is 238 Å². The van der Waals surface area contributed by atoms with Crippen molar-refractivity contribution in [2.75, 3.05) is 20.1 Å². The average molecular weight is 583 g/mol. The molecular formula is C31H32F2N2O5S. The minimum atomic E-state index is -4.07. The number of carboxylic acid groups (broad SMARTS) is 1. The number of hydrogen-bond acceptors (Lipinski definition) is 5. The molecule has 0 aliphatic carbocycles. The number of hydrogen-bond donors (Lipinski definition) is 3. The SMILES string of the molecule is CN(C[C@H](O)CNC(C)(C)Cc1ccc2ccccc2c1)S(=O)(=O)c1cccc(-c2cc(F)c(C(=O)O)c(F)c2)c1. The van der Waals surface area contributed by atoms with Crippen LogP contribution in [0.3, 0.4) is 0 Å². The molecule has 0 amide bonds. The van der Waals surface area contributed by atoms with Crippen LogP contribution >= 0.6 is 0 Å². The van der Waals surface area contributed by atoms with Gasteiger partial charge in [-0.15, -0.1) is 0 Å². The Morgan fingerprint density at radius 1 is 0.927 bits per heavy atom. The van der Waals surface area contributed by atoms with Gasteiger partial charge in [0.1, 0.15) is 17.2 Å². The zero-order valence-electron chi connectivity index (χ0n) is 22.9. The van der Waals surface area contributed by atoms with E-state index in [1.165, 1.54) is 31.3 Å². The largest absolute Gasteiger partial charge is 0.477 e. The highest BCUT2D eigenvalue weighted by molar-refractivity contribution is 7.89. The van der Waals surface area contributed by atoms with Crippen LogP contribution in [0.25, 0.3) is 21.9 Å². The van der Waals surface area contributed by atoms with Gasteiger partial charge in [-0.2, -0.15) is 4.31 Å². The summed E-state index contributed by atoms with van der Waals surface area (Å²) in [4.78, 5) is 10.9. The Morgan fingerprint density at radius 3 is 2.24 bits per heavy atom. The fraction of sp³-hybridized carbons (Fsp3) is 0.258. The van der Waals surface area contributed by atoms with Gasteiger partial charge in [0.05, 0.1) is 11.0 Å². The van der Waals surface area contributed by atoms with Crippen LogP contribution in [-0.4, -0.2) is 60.7 Å². The van der Waals surface area contributed by atoms with Gasteiger partial charge < -0.3 is 15.5 Å². The number of β-amino-alcohol motifs (C(OH)–C–C–N with tert-alkyl or cyclic N) is 1. The molecule has 0 aromatic heterocycles. The second-order valence-electron chi connectivity index (χ2n) is 10.7. The number of nitrogens with one attached hydrogen (secondary N) is 1. The predicted octanol–water partition coefficient (Wildman–Crippen LogP) is 5.08. The molecule has 0 bridgehead atoms. The number of likely N-dealkylation sites (N-methyl/N-ethyl adjacent to an activating group) is 1. The van der Waals surface area contributed by atoms with E-state index in [1.807, 2.05) is 26.0 Å².